The van der Waals surface area contributed by atoms with Gasteiger partial charge in [-0.05, 0) is 17.7 Å². The second-order valence-electron chi connectivity index (χ2n) is 6.08. The number of nitrogens with one attached hydrogen (secondary N) is 1. The minimum atomic E-state index is -0.561. The van der Waals surface area contributed by atoms with Crippen molar-refractivity contribution < 1.29 is 18.7 Å². The second-order valence-corrected chi connectivity index (χ2v) is 6.08. The standard InChI is InChI=1S/C19H17FN4O3/c1-26-16-8-7-13(9-14(16)20)21-19(25)18-15-11-27-17(10-24(15)23-22-18)12-5-3-2-4-6-12/h2-9,17H,10-11H2,1H3,(H,21,25)/t17-/m1/s1. The van der Waals surface area contributed by atoms with Crippen molar-refractivity contribution in [1.29, 1.82) is 0 Å². The van der Waals surface area contributed by atoms with E-state index in [0.29, 0.717) is 17.9 Å². The van der Waals surface area contributed by atoms with E-state index in [4.69, 9.17) is 9.47 Å². The van der Waals surface area contributed by atoms with Crippen LogP contribution in [0.15, 0.2) is 48.5 Å². The molecule has 2 aromatic carbocycles. The van der Waals surface area contributed by atoms with E-state index in [-0.39, 0.29) is 24.2 Å². The van der Waals surface area contributed by atoms with Gasteiger partial charge in [0, 0.05) is 11.8 Å². The molecule has 1 aliphatic heterocycles. The number of carbonyl (C=O) groups excluding carboxylic acids is 1. The number of nitrogens with zero attached hydrogens (tertiary/aromatic N) is 3. The van der Waals surface area contributed by atoms with Crippen LogP contribution < -0.4 is 10.1 Å². The number of hydrogen-bond acceptors (Lipinski definition) is 5. The fourth-order valence-corrected chi connectivity index (χ4v) is 2.99. The summed E-state index contributed by atoms with van der Waals surface area (Å²) in [6.45, 7) is 0.684. The summed E-state index contributed by atoms with van der Waals surface area (Å²) < 4.78 is 26.2. The lowest BCUT2D eigenvalue weighted by atomic mass is 10.1. The molecule has 0 radical (unpaired) electrons. The average molecular weight is 368 g/mol. The molecule has 0 saturated carbocycles. The van der Waals surface area contributed by atoms with E-state index in [1.807, 2.05) is 30.3 Å². The van der Waals surface area contributed by atoms with E-state index < -0.39 is 11.7 Å². The van der Waals surface area contributed by atoms with Crippen LogP contribution in [-0.4, -0.2) is 28.0 Å². The van der Waals surface area contributed by atoms with Crippen molar-refractivity contribution in [3.8, 4) is 5.75 Å². The molecule has 1 aromatic heterocycles. The topological polar surface area (TPSA) is 78.3 Å². The molecule has 0 spiro atoms. The van der Waals surface area contributed by atoms with Gasteiger partial charge in [0.25, 0.3) is 5.91 Å². The van der Waals surface area contributed by atoms with E-state index in [1.54, 1.807) is 10.7 Å². The highest BCUT2D eigenvalue weighted by atomic mass is 19.1. The van der Waals surface area contributed by atoms with Crippen LogP contribution in [0.1, 0.15) is 27.8 Å². The molecule has 0 bridgehead atoms. The molecular weight excluding hydrogens is 351 g/mol. The number of anilines is 1. The molecule has 0 unspecified atom stereocenters. The molecule has 3 aromatic rings. The van der Waals surface area contributed by atoms with Crippen LogP contribution in [0.4, 0.5) is 10.1 Å². The zero-order chi connectivity index (χ0) is 18.8. The first-order chi connectivity index (χ1) is 13.2. The van der Waals surface area contributed by atoms with Gasteiger partial charge in [-0.3, -0.25) is 4.79 Å². The Labute approximate surface area is 154 Å². The van der Waals surface area contributed by atoms with E-state index >= 15 is 0 Å². The van der Waals surface area contributed by atoms with Crippen molar-refractivity contribution in [2.45, 2.75) is 19.3 Å². The Morgan fingerprint density at radius 1 is 1.30 bits per heavy atom. The molecule has 0 fully saturated rings. The molecule has 2 heterocycles. The van der Waals surface area contributed by atoms with Crippen molar-refractivity contribution >= 4 is 11.6 Å². The summed E-state index contributed by atoms with van der Waals surface area (Å²) in [5.74, 6) is -0.925. The van der Waals surface area contributed by atoms with Crippen molar-refractivity contribution in [3.63, 3.8) is 0 Å². The quantitative estimate of drug-likeness (QED) is 0.766. The highest BCUT2D eigenvalue weighted by Gasteiger charge is 2.27. The van der Waals surface area contributed by atoms with E-state index in [9.17, 15) is 9.18 Å². The fourth-order valence-electron chi connectivity index (χ4n) is 2.99. The first-order valence-corrected chi connectivity index (χ1v) is 8.39. The summed E-state index contributed by atoms with van der Waals surface area (Å²) in [7, 11) is 1.38. The highest BCUT2D eigenvalue weighted by Crippen LogP contribution is 2.27. The Bertz CT molecular complexity index is 974. The monoisotopic (exact) mass is 368 g/mol. The predicted octanol–water partition coefficient (Wildman–Crippen LogP) is 2.95. The maximum Gasteiger partial charge on any atom is 0.278 e. The van der Waals surface area contributed by atoms with Crippen LogP contribution in [0.2, 0.25) is 0 Å². The summed E-state index contributed by atoms with van der Waals surface area (Å²) in [6.07, 6.45) is -0.146. The number of hydrogen-bond donors (Lipinski definition) is 1. The van der Waals surface area contributed by atoms with Crippen LogP contribution >= 0.6 is 0 Å². The number of rotatable bonds is 4. The molecule has 1 atom stereocenters. The molecule has 1 N–H and O–H groups in total. The number of aromatic nitrogens is 3. The summed E-state index contributed by atoms with van der Waals surface area (Å²) in [4.78, 5) is 12.5. The first kappa shape index (κ1) is 17.2. The minimum absolute atomic E-state index is 0.106. The molecule has 27 heavy (non-hydrogen) atoms. The second kappa shape index (κ2) is 7.16. The third-order valence-corrected chi connectivity index (χ3v) is 4.39. The Morgan fingerprint density at radius 2 is 2.11 bits per heavy atom. The lowest BCUT2D eigenvalue weighted by molar-refractivity contribution is -0.00171. The van der Waals surface area contributed by atoms with Gasteiger partial charge < -0.3 is 14.8 Å². The van der Waals surface area contributed by atoms with Gasteiger partial charge in [-0.15, -0.1) is 5.10 Å². The number of ether oxygens (including phenoxy) is 2. The normalized spacial score (nSPS) is 15.9. The first-order valence-electron chi connectivity index (χ1n) is 8.39. The van der Waals surface area contributed by atoms with E-state index in [0.717, 1.165) is 5.56 Å². The van der Waals surface area contributed by atoms with Crippen molar-refractivity contribution in [2.75, 3.05) is 12.4 Å². The molecule has 8 heteroatoms. The SMILES string of the molecule is COc1ccc(NC(=O)c2nnn3c2CO[C@@H](c2ccccc2)C3)cc1F. The van der Waals surface area contributed by atoms with Crippen LogP contribution in [0.25, 0.3) is 0 Å². The van der Waals surface area contributed by atoms with Crippen molar-refractivity contribution in [1.82, 2.24) is 15.0 Å². The number of amides is 1. The highest BCUT2D eigenvalue weighted by molar-refractivity contribution is 6.03. The molecule has 0 aliphatic carbocycles. The zero-order valence-corrected chi connectivity index (χ0v) is 14.6. The molecule has 0 saturated heterocycles. The van der Waals surface area contributed by atoms with Gasteiger partial charge >= 0.3 is 0 Å². The summed E-state index contributed by atoms with van der Waals surface area (Å²) in [5.41, 5.74) is 2.10. The molecule has 1 aliphatic rings. The fraction of sp³-hybridized carbons (Fsp3) is 0.211. The van der Waals surface area contributed by atoms with Gasteiger partial charge in [0.05, 0.1) is 26.0 Å². The zero-order valence-electron chi connectivity index (χ0n) is 14.6. The molecule has 1 amide bonds. The van der Waals surface area contributed by atoms with Crippen molar-refractivity contribution in [3.05, 3.63) is 71.3 Å². The lowest BCUT2D eigenvalue weighted by Gasteiger charge is -2.24. The van der Waals surface area contributed by atoms with Gasteiger partial charge in [0.1, 0.15) is 6.10 Å². The third kappa shape index (κ3) is 3.39. The van der Waals surface area contributed by atoms with Crippen LogP contribution in [0.5, 0.6) is 5.75 Å². The molecule has 138 valence electrons. The van der Waals surface area contributed by atoms with E-state index in [1.165, 1.54) is 19.2 Å². The van der Waals surface area contributed by atoms with Crippen molar-refractivity contribution in [2.24, 2.45) is 0 Å². The number of halogens is 1. The predicted molar refractivity (Wildman–Crippen MR) is 94.9 cm³/mol. The third-order valence-electron chi connectivity index (χ3n) is 4.39. The number of carbonyl (C=O) groups is 1. The molecule has 7 nitrogen and oxygen atoms in total. The van der Waals surface area contributed by atoms with Crippen LogP contribution in [0.3, 0.4) is 0 Å². The lowest BCUT2D eigenvalue weighted by Crippen LogP contribution is -2.24. The maximum absolute atomic E-state index is 13.8. The van der Waals surface area contributed by atoms with Gasteiger partial charge in [-0.25, -0.2) is 9.07 Å². The minimum Gasteiger partial charge on any atom is -0.494 e. The summed E-state index contributed by atoms with van der Waals surface area (Å²) in [6, 6.07) is 14.0. The van der Waals surface area contributed by atoms with Gasteiger partial charge in [0.15, 0.2) is 17.3 Å². The Kier molecular flexibility index (Phi) is 4.55. The van der Waals surface area contributed by atoms with Gasteiger partial charge in [-0.2, -0.15) is 0 Å². The smallest absolute Gasteiger partial charge is 0.278 e. The molecule has 4 rings (SSSR count). The molecular formula is C19H17FN4O3. The Hall–Kier alpha value is -3.26. The van der Waals surface area contributed by atoms with Gasteiger partial charge in [-0.1, -0.05) is 35.5 Å². The largest absolute Gasteiger partial charge is 0.494 e. The summed E-state index contributed by atoms with van der Waals surface area (Å²) in [5, 5.41) is 10.7. The Morgan fingerprint density at radius 3 is 2.85 bits per heavy atom. The average Bonchev–Trinajstić information content (AvgIpc) is 3.12. The number of methoxy groups -OCH3 is 1. The number of fused-ring (bicyclic) bond motifs is 1. The van der Waals surface area contributed by atoms with E-state index in [2.05, 4.69) is 15.6 Å². The van der Waals surface area contributed by atoms with Crippen LogP contribution in [0, 0.1) is 5.82 Å². The Balaban J connectivity index is 1.51. The van der Waals surface area contributed by atoms with Gasteiger partial charge in [0.2, 0.25) is 0 Å². The number of benzene rings is 2. The maximum atomic E-state index is 13.8. The van der Waals surface area contributed by atoms with Crippen LogP contribution in [-0.2, 0) is 17.9 Å². The summed E-state index contributed by atoms with van der Waals surface area (Å²) >= 11 is 0.